The summed E-state index contributed by atoms with van der Waals surface area (Å²) in [5, 5.41) is 23.6. The number of allylic oxidation sites excluding steroid dienone is 6. The molecule has 1 aromatic rings. The fourth-order valence-electron chi connectivity index (χ4n) is 11.2. The van der Waals surface area contributed by atoms with Crippen LogP contribution in [0.25, 0.3) is 0 Å². The Balaban J connectivity index is 1.39. The fourth-order valence-corrected chi connectivity index (χ4v) is 11.2. The minimum Gasteiger partial charge on any atom is -0.463 e. The molecule has 0 aromatic carbocycles. The zero-order chi connectivity index (χ0) is 55.7. The van der Waals surface area contributed by atoms with Crippen LogP contribution in [0.5, 0.6) is 0 Å². The Hall–Kier alpha value is -4.69. The number of rotatable bonds is 12. The number of nitrogens with zero attached hydrogens (tertiary/aromatic N) is 2. The highest BCUT2D eigenvalue weighted by atomic mass is 16.6. The van der Waals surface area contributed by atoms with Crippen molar-refractivity contribution in [2.75, 3.05) is 41.1 Å². The number of nitrogens with one attached hydrogen (secondary N) is 1. The van der Waals surface area contributed by atoms with Crippen molar-refractivity contribution in [1.82, 2.24) is 14.9 Å². The van der Waals surface area contributed by atoms with Crippen LogP contribution in [0.15, 0.2) is 60.0 Å². The van der Waals surface area contributed by atoms with Gasteiger partial charge in [-0.3, -0.25) is 24.0 Å². The number of methoxy groups -OCH3 is 3. The number of aliphatic hydroxyl groups is 2. The number of carbonyl (C=O) groups is 6. The second kappa shape index (κ2) is 29.9. The summed E-state index contributed by atoms with van der Waals surface area (Å²) in [4.78, 5) is 91.8. The highest BCUT2D eigenvalue weighted by Crippen LogP contribution is 2.38. The minimum absolute atomic E-state index is 0.00365. The van der Waals surface area contributed by atoms with Gasteiger partial charge in [-0.1, -0.05) is 71.1 Å². The van der Waals surface area contributed by atoms with Crippen LogP contribution in [0, 0.1) is 35.5 Å². The van der Waals surface area contributed by atoms with Gasteiger partial charge in [-0.2, -0.15) is 0 Å². The maximum Gasteiger partial charge on any atom is 0.329 e. The van der Waals surface area contributed by atoms with Gasteiger partial charge in [0.05, 0.1) is 31.0 Å². The summed E-state index contributed by atoms with van der Waals surface area (Å²) >= 11 is 0. The molecular formula is C58H87N3O15. The molecule has 4 aliphatic rings. The van der Waals surface area contributed by atoms with Gasteiger partial charge in [0, 0.05) is 70.9 Å². The summed E-state index contributed by atoms with van der Waals surface area (Å²) in [5.74, 6) is -8.12. The maximum absolute atomic E-state index is 14.6. The van der Waals surface area contributed by atoms with Gasteiger partial charge in [0.15, 0.2) is 5.78 Å². The van der Waals surface area contributed by atoms with E-state index in [9.17, 15) is 39.0 Å². The SMILES string of the molecule is CO[C@H]1C[C@@H]2CC[C@@H](C)[C@@](O)(O2)C(=O)C(=O)N2CCCC[C@H]2C(=O)O[C@H]([C@H](C)C[C@H]2CC[C@@H](OCCOC(=O)Cc3ncc[nH]3)[C@H](OC)C2)CC(=O)[C@H](C)/C=C(\C)[C@@H](O)[C@@H](OC)C(=O)[C@H](C)C[C@H](C)/C=C/C=C/C=C/1C. The lowest BCUT2D eigenvalue weighted by molar-refractivity contribution is -0.265. The number of ether oxygens (including phenoxy) is 7. The van der Waals surface area contributed by atoms with Gasteiger partial charge in [-0.05, 0) is 107 Å². The van der Waals surface area contributed by atoms with Gasteiger partial charge in [0.2, 0.25) is 5.79 Å². The molecule has 1 amide bonds. The Morgan fingerprint density at radius 3 is 2.36 bits per heavy atom. The summed E-state index contributed by atoms with van der Waals surface area (Å²) in [7, 11) is 4.57. The molecule has 3 N–H and O–H groups in total. The molecule has 0 radical (unpaired) electrons. The largest absolute Gasteiger partial charge is 0.463 e. The number of esters is 2. The number of hydrogen-bond acceptors (Lipinski definition) is 16. The number of piperidine rings is 1. The quantitative estimate of drug-likeness (QED) is 0.0853. The summed E-state index contributed by atoms with van der Waals surface area (Å²) in [6.45, 7) is 13.0. The van der Waals surface area contributed by atoms with E-state index in [2.05, 4.69) is 9.97 Å². The van der Waals surface area contributed by atoms with Crippen molar-refractivity contribution in [3.05, 3.63) is 65.8 Å². The van der Waals surface area contributed by atoms with Crippen molar-refractivity contribution < 1.29 is 72.1 Å². The number of H-pyrrole nitrogens is 1. The molecule has 3 fully saturated rings. The normalized spacial score (nSPS) is 36.2. The van der Waals surface area contributed by atoms with E-state index < -0.39 is 83.7 Å². The fraction of sp³-hybridized carbons (Fsp3) is 0.707. The molecular weight excluding hydrogens is 979 g/mol. The predicted octanol–water partition coefficient (Wildman–Crippen LogP) is 6.71. The van der Waals surface area contributed by atoms with Crippen LogP contribution in [0.4, 0.5) is 0 Å². The smallest absolute Gasteiger partial charge is 0.329 e. The van der Waals surface area contributed by atoms with E-state index >= 15 is 0 Å². The Labute approximate surface area is 449 Å². The van der Waals surface area contributed by atoms with E-state index in [1.54, 1.807) is 53.5 Å². The second-order valence-corrected chi connectivity index (χ2v) is 21.9. The summed E-state index contributed by atoms with van der Waals surface area (Å²) in [5.41, 5.74) is 1.24. The van der Waals surface area contributed by atoms with Crippen LogP contribution >= 0.6 is 0 Å². The molecule has 76 heavy (non-hydrogen) atoms. The molecule has 18 nitrogen and oxygen atoms in total. The van der Waals surface area contributed by atoms with Crippen molar-refractivity contribution in [3.8, 4) is 0 Å². The van der Waals surface area contributed by atoms with Crippen molar-refractivity contribution in [2.24, 2.45) is 35.5 Å². The van der Waals surface area contributed by atoms with Crippen LogP contribution in [-0.2, 0) is 68.3 Å². The standard InChI is InChI=1S/C58H87N3O15/c1-35-16-12-11-13-17-36(2)47(70-8)32-43-21-19-41(7)58(69,76-43)55(66)56(67)61-25-15-14-18-44(61)57(68)75-48(33-45(62)37(3)29-40(6)53(65)54(72-10)52(64)39(5)28-35)38(4)30-42-20-22-46(49(31-42)71-9)73-26-27-74-51(63)34-50-59-23-24-60-50/h11-13,16-17,23-24,29,35,37-39,41-44,46-49,53-54,65,69H,14-15,18-22,25-28,30-34H2,1-10H3,(H,59,60)/b13-11+,16-12+,36-17+,40-29+/t35-,37-,38-,39-,41-,42-,43+,44+,46-,47+,48+,49-,53-,54+,58-/m1/s1. The number of hydrogen-bond donors (Lipinski definition) is 3. The number of Topliss-reactive ketones (excluding diaryl/α,β-unsaturated/α-hetero) is 3. The maximum atomic E-state index is 14.6. The van der Waals surface area contributed by atoms with Crippen molar-refractivity contribution >= 4 is 35.2 Å². The lowest BCUT2D eigenvalue weighted by atomic mass is 9.78. The summed E-state index contributed by atoms with van der Waals surface area (Å²) in [6.07, 6.45) is 14.6. The second-order valence-electron chi connectivity index (χ2n) is 21.9. The molecule has 0 unspecified atom stereocenters. The first-order chi connectivity index (χ1) is 36.2. The van der Waals surface area contributed by atoms with Crippen LogP contribution in [-0.4, -0.2) is 156 Å². The number of aromatic amines is 1. The molecule has 424 valence electrons. The Morgan fingerprint density at radius 2 is 1.66 bits per heavy atom. The molecule has 1 saturated carbocycles. The van der Waals surface area contributed by atoms with Crippen molar-refractivity contribution in [2.45, 2.75) is 186 Å². The molecule has 18 heteroatoms. The Morgan fingerprint density at radius 1 is 0.895 bits per heavy atom. The van der Waals surface area contributed by atoms with Gasteiger partial charge >= 0.3 is 11.9 Å². The molecule has 1 aromatic heterocycles. The zero-order valence-electron chi connectivity index (χ0n) is 46.6. The zero-order valence-corrected chi connectivity index (χ0v) is 46.6. The first kappa shape index (κ1) is 62.2. The molecule has 3 aliphatic heterocycles. The van der Waals surface area contributed by atoms with E-state index in [4.69, 9.17) is 33.2 Å². The molecule has 1 aliphatic carbocycles. The number of aliphatic hydroxyl groups excluding tert-OH is 1. The molecule has 2 bridgehead atoms. The number of cyclic esters (lactones) is 1. The van der Waals surface area contributed by atoms with Crippen LogP contribution in [0.2, 0.25) is 0 Å². The van der Waals surface area contributed by atoms with E-state index in [1.807, 2.05) is 58.1 Å². The number of carbonyl (C=O) groups excluding carboxylic acids is 6. The average Bonchev–Trinajstić information content (AvgIpc) is 3.92. The molecule has 5 rings (SSSR count). The Bertz CT molecular complexity index is 2210. The third-order valence-corrected chi connectivity index (χ3v) is 16.0. The van der Waals surface area contributed by atoms with Crippen molar-refractivity contribution in [1.29, 1.82) is 0 Å². The van der Waals surface area contributed by atoms with Gasteiger partial charge in [0.25, 0.3) is 11.7 Å². The Kier molecular flexibility index (Phi) is 24.4. The third-order valence-electron chi connectivity index (χ3n) is 16.0. The first-order valence-corrected chi connectivity index (χ1v) is 27.4. The van der Waals surface area contributed by atoms with E-state index in [0.29, 0.717) is 69.2 Å². The van der Waals surface area contributed by atoms with Crippen LogP contribution < -0.4 is 0 Å². The van der Waals surface area contributed by atoms with E-state index in [1.165, 1.54) is 12.0 Å². The number of imidazole rings is 1. The van der Waals surface area contributed by atoms with Gasteiger partial charge in [-0.15, -0.1) is 0 Å². The topological polar surface area (TPSA) is 239 Å². The molecule has 2 saturated heterocycles. The lowest BCUT2D eigenvalue weighted by Gasteiger charge is -2.42. The molecule has 4 heterocycles. The molecule has 15 atom stereocenters. The predicted molar refractivity (Wildman–Crippen MR) is 282 cm³/mol. The first-order valence-electron chi connectivity index (χ1n) is 27.4. The number of aromatic nitrogens is 2. The monoisotopic (exact) mass is 1070 g/mol. The van der Waals surface area contributed by atoms with Gasteiger partial charge in [-0.25, -0.2) is 9.78 Å². The highest BCUT2D eigenvalue weighted by molar-refractivity contribution is 6.39. The molecule has 0 spiro atoms. The lowest BCUT2D eigenvalue weighted by Crippen LogP contribution is -2.61. The summed E-state index contributed by atoms with van der Waals surface area (Å²) < 4.78 is 41.4. The van der Waals surface area contributed by atoms with Gasteiger partial charge < -0.3 is 53.3 Å². The van der Waals surface area contributed by atoms with Crippen molar-refractivity contribution in [3.63, 3.8) is 0 Å². The average molecular weight is 1070 g/mol. The third kappa shape index (κ3) is 17.2. The summed E-state index contributed by atoms with van der Waals surface area (Å²) in [6, 6.07) is -1.17. The minimum atomic E-state index is -2.45. The number of fused-ring (bicyclic) bond motifs is 3. The van der Waals surface area contributed by atoms with Gasteiger partial charge in [0.1, 0.15) is 49.0 Å². The van der Waals surface area contributed by atoms with Crippen LogP contribution in [0.3, 0.4) is 0 Å². The van der Waals surface area contributed by atoms with E-state index in [0.717, 1.165) is 12.0 Å². The number of ketones is 3. The van der Waals surface area contributed by atoms with E-state index in [-0.39, 0.29) is 80.5 Å². The number of amides is 1. The van der Waals surface area contributed by atoms with Crippen LogP contribution in [0.1, 0.15) is 131 Å². The highest BCUT2D eigenvalue weighted by Gasteiger charge is 2.53.